The molecule has 1 rings (SSSR count). The molecule has 0 saturated carbocycles. The van der Waals surface area contributed by atoms with Crippen molar-refractivity contribution in [1.29, 1.82) is 0 Å². The standard InChI is InChI=1S/C8H7ClFNO2S/c9-8-5-7(10)2-1-6(8)3-4-14(11,12)13/h1-5H,(H2,11,12,13). The molecule has 0 saturated heterocycles. The molecule has 0 aliphatic heterocycles. The molecule has 0 fully saturated rings. The van der Waals surface area contributed by atoms with Gasteiger partial charge in [0.15, 0.2) is 0 Å². The molecular formula is C8H7ClFNO2S. The van der Waals surface area contributed by atoms with Gasteiger partial charge in [-0.05, 0) is 23.8 Å². The maximum atomic E-state index is 12.6. The number of nitrogens with two attached hydrogens (primary N) is 1. The predicted molar refractivity (Wildman–Crippen MR) is 53.6 cm³/mol. The number of primary sulfonamides is 1. The van der Waals surface area contributed by atoms with E-state index in [1.165, 1.54) is 18.2 Å². The highest BCUT2D eigenvalue weighted by molar-refractivity contribution is 7.92. The van der Waals surface area contributed by atoms with E-state index in [-0.39, 0.29) is 5.02 Å². The van der Waals surface area contributed by atoms with Crippen LogP contribution in [0.2, 0.25) is 5.02 Å². The lowest BCUT2D eigenvalue weighted by atomic mass is 10.2. The van der Waals surface area contributed by atoms with Crippen LogP contribution in [0.4, 0.5) is 4.39 Å². The van der Waals surface area contributed by atoms with E-state index in [2.05, 4.69) is 0 Å². The smallest absolute Gasteiger partial charge is 0.225 e. The Morgan fingerprint density at radius 2 is 2.07 bits per heavy atom. The molecular weight excluding hydrogens is 229 g/mol. The average Bonchev–Trinajstić information content (AvgIpc) is 2.00. The molecule has 0 amide bonds. The van der Waals surface area contributed by atoms with Crippen LogP contribution in [-0.4, -0.2) is 8.42 Å². The van der Waals surface area contributed by atoms with Gasteiger partial charge in [-0.25, -0.2) is 17.9 Å². The van der Waals surface area contributed by atoms with Gasteiger partial charge in [0.1, 0.15) is 5.82 Å². The summed E-state index contributed by atoms with van der Waals surface area (Å²) < 4.78 is 33.7. The fraction of sp³-hybridized carbons (Fsp3) is 0. The summed E-state index contributed by atoms with van der Waals surface area (Å²) in [5.41, 5.74) is 0.391. The van der Waals surface area contributed by atoms with Crippen LogP contribution in [0.1, 0.15) is 5.56 Å². The van der Waals surface area contributed by atoms with Crippen LogP contribution in [-0.2, 0) is 10.0 Å². The molecule has 0 aliphatic rings. The van der Waals surface area contributed by atoms with E-state index >= 15 is 0 Å². The van der Waals surface area contributed by atoms with Crippen LogP contribution < -0.4 is 5.14 Å². The SMILES string of the molecule is NS(=O)(=O)C=Cc1ccc(F)cc1Cl. The van der Waals surface area contributed by atoms with Crippen molar-refractivity contribution in [2.45, 2.75) is 0 Å². The van der Waals surface area contributed by atoms with Crippen molar-refractivity contribution < 1.29 is 12.8 Å². The van der Waals surface area contributed by atoms with Gasteiger partial charge < -0.3 is 0 Å². The van der Waals surface area contributed by atoms with E-state index in [9.17, 15) is 12.8 Å². The molecule has 0 heterocycles. The van der Waals surface area contributed by atoms with E-state index in [1.54, 1.807) is 0 Å². The van der Waals surface area contributed by atoms with Crippen molar-refractivity contribution in [2.24, 2.45) is 5.14 Å². The number of benzene rings is 1. The Morgan fingerprint density at radius 3 is 2.57 bits per heavy atom. The normalized spacial score (nSPS) is 12.2. The zero-order valence-corrected chi connectivity index (χ0v) is 8.52. The summed E-state index contributed by atoms with van der Waals surface area (Å²) in [6.45, 7) is 0. The van der Waals surface area contributed by atoms with Gasteiger partial charge in [-0.3, -0.25) is 0 Å². The Bertz CT molecular complexity index is 470. The molecule has 1 aromatic carbocycles. The van der Waals surface area contributed by atoms with E-state index in [4.69, 9.17) is 16.7 Å². The molecule has 0 aromatic heterocycles. The van der Waals surface area contributed by atoms with Crippen LogP contribution in [0.15, 0.2) is 23.6 Å². The Labute approximate surface area is 86.0 Å². The zero-order valence-electron chi connectivity index (χ0n) is 6.94. The summed E-state index contributed by atoms with van der Waals surface area (Å²) in [4.78, 5) is 0. The lowest BCUT2D eigenvalue weighted by molar-refractivity contribution is 0.606. The van der Waals surface area contributed by atoms with Crippen LogP contribution in [0, 0.1) is 5.82 Å². The molecule has 6 heteroatoms. The summed E-state index contributed by atoms with van der Waals surface area (Å²) in [7, 11) is -3.68. The molecule has 76 valence electrons. The average molecular weight is 236 g/mol. The number of halogens is 2. The topological polar surface area (TPSA) is 60.2 Å². The first-order valence-corrected chi connectivity index (χ1v) is 5.53. The predicted octanol–water partition coefficient (Wildman–Crippen LogP) is 1.74. The first-order chi connectivity index (χ1) is 6.38. The van der Waals surface area contributed by atoms with E-state index < -0.39 is 15.8 Å². The van der Waals surface area contributed by atoms with Gasteiger partial charge in [0.25, 0.3) is 0 Å². The second kappa shape index (κ2) is 4.08. The number of rotatable bonds is 2. The van der Waals surface area contributed by atoms with Crippen LogP contribution in [0.3, 0.4) is 0 Å². The van der Waals surface area contributed by atoms with E-state index in [1.807, 2.05) is 0 Å². The molecule has 0 radical (unpaired) electrons. The fourth-order valence-corrected chi connectivity index (χ4v) is 1.37. The molecule has 2 N–H and O–H groups in total. The van der Waals surface area contributed by atoms with Crippen molar-refractivity contribution in [1.82, 2.24) is 0 Å². The molecule has 3 nitrogen and oxygen atoms in total. The van der Waals surface area contributed by atoms with Crippen molar-refractivity contribution in [3.63, 3.8) is 0 Å². The molecule has 0 unspecified atom stereocenters. The van der Waals surface area contributed by atoms with Crippen molar-refractivity contribution in [3.8, 4) is 0 Å². The Hall–Kier alpha value is -0.910. The quantitative estimate of drug-likeness (QED) is 0.849. The van der Waals surface area contributed by atoms with E-state index in [0.717, 1.165) is 11.5 Å². The second-order valence-corrected chi connectivity index (χ2v) is 4.42. The van der Waals surface area contributed by atoms with E-state index in [0.29, 0.717) is 5.56 Å². The van der Waals surface area contributed by atoms with Crippen molar-refractivity contribution in [2.75, 3.05) is 0 Å². The third-order valence-electron chi connectivity index (χ3n) is 1.40. The Balaban J connectivity index is 3.05. The minimum atomic E-state index is -3.68. The highest BCUT2D eigenvalue weighted by Crippen LogP contribution is 2.18. The van der Waals surface area contributed by atoms with Gasteiger partial charge in [-0.15, -0.1) is 0 Å². The summed E-state index contributed by atoms with van der Waals surface area (Å²) in [5.74, 6) is -0.484. The minimum Gasteiger partial charge on any atom is -0.225 e. The van der Waals surface area contributed by atoms with Gasteiger partial charge >= 0.3 is 0 Å². The first kappa shape index (κ1) is 11.2. The second-order valence-electron chi connectivity index (χ2n) is 2.56. The van der Waals surface area contributed by atoms with Gasteiger partial charge in [0.05, 0.1) is 5.02 Å². The van der Waals surface area contributed by atoms with Gasteiger partial charge in [-0.1, -0.05) is 17.7 Å². The van der Waals surface area contributed by atoms with Gasteiger partial charge in [0.2, 0.25) is 10.0 Å². The summed E-state index contributed by atoms with van der Waals surface area (Å²) in [6.07, 6.45) is 1.21. The van der Waals surface area contributed by atoms with Crippen molar-refractivity contribution in [3.05, 3.63) is 40.0 Å². The molecule has 0 spiro atoms. The highest BCUT2D eigenvalue weighted by Gasteiger charge is 2.00. The van der Waals surface area contributed by atoms with Crippen molar-refractivity contribution >= 4 is 27.7 Å². The first-order valence-electron chi connectivity index (χ1n) is 3.54. The molecule has 0 aliphatic carbocycles. The van der Waals surface area contributed by atoms with Gasteiger partial charge in [-0.2, -0.15) is 0 Å². The maximum Gasteiger partial charge on any atom is 0.231 e. The minimum absolute atomic E-state index is 0.130. The molecule has 0 atom stereocenters. The third-order valence-corrected chi connectivity index (χ3v) is 2.24. The van der Waals surface area contributed by atoms with Crippen LogP contribution in [0.5, 0.6) is 0 Å². The summed E-state index contributed by atoms with van der Waals surface area (Å²) in [5, 5.41) is 5.66. The fourth-order valence-electron chi connectivity index (χ4n) is 0.805. The molecule has 1 aromatic rings. The van der Waals surface area contributed by atoms with Gasteiger partial charge in [0, 0.05) is 5.41 Å². The number of hydrogen-bond donors (Lipinski definition) is 1. The zero-order chi connectivity index (χ0) is 10.8. The largest absolute Gasteiger partial charge is 0.231 e. The molecule has 14 heavy (non-hydrogen) atoms. The van der Waals surface area contributed by atoms with Crippen LogP contribution >= 0.6 is 11.6 Å². The summed E-state index contributed by atoms with van der Waals surface area (Å²) in [6, 6.07) is 3.62. The number of hydrogen-bond acceptors (Lipinski definition) is 2. The monoisotopic (exact) mass is 235 g/mol. The lowest BCUT2D eigenvalue weighted by Crippen LogP contribution is -2.06. The highest BCUT2D eigenvalue weighted by atomic mass is 35.5. The number of sulfonamides is 1. The van der Waals surface area contributed by atoms with Crippen LogP contribution in [0.25, 0.3) is 6.08 Å². The third kappa shape index (κ3) is 3.45. The summed E-state index contributed by atoms with van der Waals surface area (Å²) >= 11 is 5.63. The lowest BCUT2D eigenvalue weighted by Gasteiger charge is -1.96. The maximum absolute atomic E-state index is 12.6. The Kier molecular flexibility index (Phi) is 3.25. The molecule has 0 bridgehead atoms. The Morgan fingerprint density at radius 1 is 1.43 bits per heavy atom.